The zero-order chi connectivity index (χ0) is 14.5. The summed E-state index contributed by atoms with van der Waals surface area (Å²) in [7, 11) is 0. The molecule has 2 rings (SSSR count). The maximum atomic E-state index is 12.2. The Bertz CT molecular complexity index is 477. The number of aliphatic carboxylic acids is 1. The molecule has 20 heavy (non-hydrogen) atoms. The highest BCUT2D eigenvalue weighted by atomic mass is 16.5. The predicted molar refractivity (Wildman–Crippen MR) is 72.5 cm³/mol. The quantitative estimate of drug-likeness (QED) is 0.847. The zero-order valence-electron chi connectivity index (χ0n) is 11.5. The maximum Gasteiger partial charge on any atom is 0.323 e. The van der Waals surface area contributed by atoms with Gasteiger partial charge < -0.3 is 19.7 Å². The van der Waals surface area contributed by atoms with Crippen LogP contribution in [-0.2, 0) is 16.1 Å². The molecule has 1 aliphatic rings. The third-order valence-electron chi connectivity index (χ3n) is 3.70. The highest BCUT2D eigenvalue weighted by Crippen LogP contribution is 2.18. The summed E-state index contributed by atoms with van der Waals surface area (Å²) in [4.78, 5) is 22.9. The lowest BCUT2D eigenvalue weighted by Gasteiger charge is -2.28. The number of hydrogen-bond donors (Lipinski definition) is 2. The summed E-state index contributed by atoms with van der Waals surface area (Å²) in [5.41, 5.74) is 0.381. The van der Waals surface area contributed by atoms with E-state index in [1.165, 1.54) is 4.57 Å². The highest BCUT2D eigenvalue weighted by molar-refractivity contribution is 5.93. The lowest BCUT2D eigenvalue weighted by Crippen LogP contribution is -2.41. The number of carbonyl (C=O) groups is 2. The smallest absolute Gasteiger partial charge is 0.323 e. The Morgan fingerprint density at radius 3 is 2.85 bits per heavy atom. The van der Waals surface area contributed by atoms with E-state index in [-0.39, 0.29) is 18.5 Å². The summed E-state index contributed by atoms with van der Waals surface area (Å²) in [6, 6.07) is 3.37. The van der Waals surface area contributed by atoms with Crippen molar-refractivity contribution in [2.75, 3.05) is 13.2 Å². The second-order valence-electron chi connectivity index (χ2n) is 5.13. The SMILES string of the molecule is CC(NC(=O)c1cccn1CC(=O)O)C1CCOCC1. The molecule has 1 saturated heterocycles. The molecule has 0 aliphatic carbocycles. The van der Waals surface area contributed by atoms with Crippen LogP contribution in [0.15, 0.2) is 18.3 Å². The van der Waals surface area contributed by atoms with Crippen LogP contribution in [0.5, 0.6) is 0 Å². The molecule has 110 valence electrons. The Morgan fingerprint density at radius 2 is 2.20 bits per heavy atom. The van der Waals surface area contributed by atoms with Crippen LogP contribution < -0.4 is 5.32 Å². The van der Waals surface area contributed by atoms with Crippen LogP contribution >= 0.6 is 0 Å². The van der Waals surface area contributed by atoms with Crippen LogP contribution in [0.2, 0.25) is 0 Å². The van der Waals surface area contributed by atoms with Crippen molar-refractivity contribution in [3.8, 4) is 0 Å². The van der Waals surface area contributed by atoms with Gasteiger partial charge >= 0.3 is 5.97 Å². The number of nitrogens with one attached hydrogen (secondary N) is 1. The molecule has 1 fully saturated rings. The number of carboxylic acid groups (broad SMARTS) is 1. The summed E-state index contributed by atoms with van der Waals surface area (Å²) >= 11 is 0. The fourth-order valence-corrected chi connectivity index (χ4v) is 2.52. The first-order valence-corrected chi connectivity index (χ1v) is 6.83. The van der Waals surface area contributed by atoms with Crippen molar-refractivity contribution in [1.82, 2.24) is 9.88 Å². The molecule has 1 amide bonds. The average Bonchev–Trinajstić information content (AvgIpc) is 2.87. The summed E-state index contributed by atoms with van der Waals surface area (Å²) in [5.74, 6) is -0.779. The molecule has 6 heteroatoms. The van der Waals surface area contributed by atoms with E-state index in [4.69, 9.17) is 9.84 Å². The number of nitrogens with zero attached hydrogens (tertiary/aromatic N) is 1. The van der Waals surface area contributed by atoms with Gasteiger partial charge in [0.15, 0.2) is 0 Å². The van der Waals surface area contributed by atoms with Crippen LogP contribution in [0.3, 0.4) is 0 Å². The molecule has 1 aromatic heterocycles. The number of ether oxygens (including phenoxy) is 1. The monoisotopic (exact) mass is 280 g/mol. The van der Waals surface area contributed by atoms with Crippen molar-refractivity contribution in [3.63, 3.8) is 0 Å². The van der Waals surface area contributed by atoms with Crippen LogP contribution in [0.25, 0.3) is 0 Å². The van der Waals surface area contributed by atoms with E-state index in [0.717, 1.165) is 26.1 Å². The summed E-state index contributed by atoms with van der Waals surface area (Å²) in [6.07, 6.45) is 3.48. The van der Waals surface area contributed by atoms with Gasteiger partial charge in [-0.25, -0.2) is 0 Å². The van der Waals surface area contributed by atoms with E-state index >= 15 is 0 Å². The van der Waals surface area contributed by atoms with Gasteiger partial charge in [0.2, 0.25) is 0 Å². The molecule has 0 saturated carbocycles. The standard InChI is InChI=1S/C14H20N2O4/c1-10(11-4-7-20-8-5-11)15-14(19)12-3-2-6-16(12)9-13(17)18/h2-3,6,10-11H,4-5,7-9H2,1H3,(H,15,19)(H,17,18). The fraction of sp³-hybridized carbons (Fsp3) is 0.571. The Kier molecular flexibility index (Phi) is 4.79. The second kappa shape index (κ2) is 6.56. The number of amides is 1. The molecular formula is C14H20N2O4. The Morgan fingerprint density at radius 1 is 1.50 bits per heavy atom. The largest absolute Gasteiger partial charge is 0.480 e. The minimum absolute atomic E-state index is 0.0552. The van der Waals surface area contributed by atoms with E-state index in [2.05, 4.69) is 5.32 Å². The van der Waals surface area contributed by atoms with Gasteiger partial charge in [-0.2, -0.15) is 0 Å². The van der Waals surface area contributed by atoms with Gasteiger partial charge in [0.05, 0.1) is 0 Å². The van der Waals surface area contributed by atoms with Crippen LogP contribution in [-0.4, -0.2) is 40.8 Å². The third-order valence-corrected chi connectivity index (χ3v) is 3.70. The summed E-state index contributed by atoms with van der Waals surface area (Å²) in [5, 5.41) is 11.8. The number of aromatic nitrogens is 1. The molecule has 6 nitrogen and oxygen atoms in total. The van der Waals surface area contributed by atoms with Crippen molar-refractivity contribution in [1.29, 1.82) is 0 Å². The van der Waals surface area contributed by atoms with Crippen LogP contribution in [0.4, 0.5) is 0 Å². The molecule has 1 unspecified atom stereocenters. The minimum atomic E-state index is -0.965. The Hall–Kier alpha value is -1.82. The van der Waals surface area contributed by atoms with E-state index in [9.17, 15) is 9.59 Å². The normalized spacial score (nSPS) is 17.6. The van der Waals surface area contributed by atoms with E-state index < -0.39 is 5.97 Å². The van der Waals surface area contributed by atoms with Gasteiger partial charge in [-0.1, -0.05) is 0 Å². The van der Waals surface area contributed by atoms with Gasteiger partial charge in [0, 0.05) is 25.5 Å². The van der Waals surface area contributed by atoms with Crippen molar-refractivity contribution < 1.29 is 19.4 Å². The Labute approximate surface area is 117 Å². The van der Waals surface area contributed by atoms with Crippen LogP contribution in [0, 0.1) is 5.92 Å². The zero-order valence-corrected chi connectivity index (χ0v) is 11.5. The first-order valence-electron chi connectivity index (χ1n) is 6.83. The average molecular weight is 280 g/mol. The number of carboxylic acids is 1. The van der Waals surface area contributed by atoms with Crippen molar-refractivity contribution in [2.45, 2.75) is 32.4 Å². The lowest BCUT2D eigenvalue weighted by atomic mass is 9.93. The minimum Gasteiger partial charge on any atom is -0.480 e. The molecule has 0 spiro atoms. The van der Waals surface area contributed by atoms with Gasteiger partial charge in [0.25, 0.3) is 5.91 Å². The van der Waals surface area contributed by atoms with E-state index in [1.54, 1.807) is 18.3 Å². The molecule has 2 heterocycles. The fourth-order valence-electron chi connectivity index (χ4n) is 2.52. The van der Waals surface area contributed by atoms with Crippen molar-refractivity contribution >= 4 is 11.9 Å². The van der Waals surface area contributed by atoms with Gasteiger partial charge in [0.1, 0.15) is 12.2 Å². The number of hydrogen-bond acceptors (Lipinski definition) is 3. The highest BCUT2D eigenvalue weighted by Gasteiger charge is 2.23. The molecule has 2 N–H and O–H groups in total. The second-order valence-corrected chi connectivity index (χ2v) is 5.13. The summed E-state index contributed by atoms with van der Waals surface area (Å²) < 4.78 is 6.75. The third kappa shape index (κ3) is 3.60. The van der Waals surface area contributed by atoms with Crippen molar-refractivity contribution in [2.24, 2.45) is 5.92 Å². The molecule has 0 aromatic carbocycles. The Balaban J connectivity index is 1.97. The number of rotatable bonds is 5. The molecule has 0 bridgehead atoms. The van der Waals surface area contributed by atoms with Gasteiger partial charge in [-0.15, -0.1) is 0 Å². The first-order chi connectivity index (χ1) is 9.58. The summed E-state index contributed by atoms with van der Waals surface area (Å²) in [6.45, 7) is 3.25. The maximum absolute atomic E-state index is 12.2. The first kappa shape index (κ1) is 14.6. The predicted octanol–water partition coefficient (Wildman–Crippen LogP) is 1.12. The van der Waals surface area contributed by atoms with Crippen molar-refractivity contribution in [3.05, 3.63) is 24.0 Å². The van der Waals surface area contributed by atoms with Gasteiger partial charge in [-0.3, -0.25) is 9.59 Å². The van der Waals surface area contributed by atoms with E-state index in [1.807, 2.05) is 6.92 Å². The topological polar surface area (TPSA) is 80.6 Å². The molecule has 1 atom stereocenters. The molecule has 1 aliphatic heterocycles. The molecular weight excluding hydrogens is 260 g/mol. The van der Waals surface area contributed by atoms with E-state index in [0.29, 0.717) is 11.6 Å². The molecule has 0 radical (unpaired) electrons. The molecule has 1 aromatic rings. The lowest BCUT2D eigenvalue weighted by molar-refractivity contribution is -0.137. The van der Waals surface area contributed by atoms with Gasteiger partial charge in [-0.05, 0) is 37.8 Å². The van der Waals surface area contributed by atoms with Crippen LogP contribution in [0.1, 0.15) is 30.3 Å². The number of carbonyl (C=O) groups excluding carboxylic acids is 1.